The number of aromatic nitrogens is 1. The highest BCUT2D eigenvalue weighted by Crippen LogP contribution is 2.28. The summed E-state index contributed by atoms with van der Waals surface area (Å²) in [7, 11) is -2.14. The van der Waals surface area contributed by atoms with Gasteiger partial charge in [-0.2, -0.15) is 4.31 Å². The normalized spacial score (nSPS) is 15.7. The van der Waals surface area contributed by atoms with Gasteiger partial charge in [-0.3, -0.25) is 14.2 Å². The number of carbonyl (C=O) groups excluding carboxylic acids is 1. The number of carbonyl (C=O) groups is 1. The van der Waals surface area contributed by atoms with Gasteiger partial charge in [0.2, 0.25) is 15.9 Å². The van der Waals surface area contributed by atoms with Crippen LogP contribution in [0.15, 0.2) is 52.2 Å². The SMILES string of the molecule is CCn1c(=O)sc2cc(S(=O)(=O)N3CCC(C(=O)Nc4cccc(OC)c4)CC3)ccc21. The second kappa shape index (κ2) is 9.05. The summed E-state index contributed by atoms with van der Waals surface area (Å²) in [6, 6.07) is 11.9. The maximum atomic E-state index is 13.2. The highest BCUT2D eigenvalue weighted by atomic mass is 32.2. The summed E-state index contributed by atoms with van der Waals surface area (Å²) in [5.41, 5.74) is 1.39. The molecule has 170 valence electrons. The first-order chi connectivity index (χ1) is 15.3. The fourth-order valence-corrected chi connectivity index (χ4v) is 6.52. The molecule has 1 aromatic heterocycles. The number of nitrogens with one attached hydrogen (secondary N) is 1. The highest BCUT2D eigenvalue weighted by Gasteiger charge is 2.32. The average Bonchev–Trinajstić information content (AvgIpc) is 3.13. The molecule has 1 aliphatic heterocycles. The molecule has 0 bridgehead atoms. The fourth-order valence-electron chi connectivity index (χ4n) is 3.96. The molecule has 0 spiro atoms. The van der Waals surface area contributed by atoms with Crippen molar-refractivity contribution in [2.75, 3.05) is 25.5 Å². The molecule has 0 saturated carbocycles. The number of ether oxygens (including phenoxy) is 1. The molecule has 1 N–H and O–H groups in total. The van der Waals surface area contributed by atoms with Crippen LogP contribution < -0.4 is 14.9 Å². The maximum absolute atomic E-state index is 13.2. The van der Waals surface area contributed by atoms with Crippen LogP contribution in [-0.4, -0.2) is 43.4 Å². The Bertz CT molecular complexity index is 1300. The van der Waals surface area contributed by atoms with Gasteiger partial charge < -0.3 is 10.1 Å². The number of hydrogen-bond donors (Lipinski definition) is 1. The van der Waals surface area contributed by atoms with E-state index in [0.717, 1.165) is 16.9 Å². The number of sulfonamides is 1. The third-order valence-corrected chi connectivity index (χ3v) is 8.59. The summed E-state index contributed by atoms with van der Waals surface area (Å²) < 4.78 is 35.2. The topological polar surface area (TPSA) is 97.7 Å². The molecule has 0 atom stereocenters. The highest BCUT2D eigenvalue weighted by molar-refractivity contribution is 7.89. The first-order valence-electron chi connectivity index (χ1n) is 10.4. The van der Waals surface area contributed by atoms with Gasteiger partial charge in [0.25, 0.3) is 0 Å². The maximum Gasteiger partial charge on any atom is 0.308 e. The van der Waals surface area contributed by atoms with Crippen molar-refractivity contribution in [2.45, 2.75) is 31.2 Å². The van der Waals surface area contributed by atoms with E-state index in [9.17, 15) is 18.0 Å². The molecule has 32 heavy (non-hydrogen) atoms. The van der Waals surface area contributed by atoms with E-state index in [1.165, 1.54) is 4.31 Å². The fraction of sp³-hybridized carbons (Fsp3) is 0.364. The number of methoxy groups -OCH3 is 1. The summed E-state index contributed by atoms with van der Waals surface area (Å²) in [6.07, 6.45) is 0.883. The standard InChI is InChI=1S/C22H25N3O5S2/c1-3-25-19-8-7-18(14-20(19)31-22(25)27)32(28,29)24-11-9-15(10-12-24)21(26)23-16-5-4-6-17(13-16)30-2/h4-8,13-15H,3,9-12H2,1-2H3,(H,23,26). The second-order valence-electron chi connectivity index (χ2n) is 7.64. The van der Waals surface area contributed by atoms with Gasteiger partial charge in [0.15, 0.2) is 0 Å². The van der Waals surface area contributed by atoms with Crippen molar-refractivity contribution in [1.82, 2.24) is 8.87 Å². The minimum atomic E-state index is -3.70. The molecule has 2 aromatic carbocycles. The predicted octanol–water partition coefficient (Wildman–Crippen LogP) is 3.13. The smallest absolute Gasteiger partial charge is 0.308 e. The van der Waals surface area contributed by atoms with Crippen LogP contribution in [0.4, 0.5) is 5.69 Å². The van der Waals surface area contributed by atoms with Crippen LogP contribution >= 0.6 is 11.3 Å². The third kappa shape index (κ3) is 4.30. The number of nitrogens with zero attached hydrogens (tertiary/aromatic N) is 2. The lowest BCUT2D eigenvalue weighted by molar-refractivity contribution is -0.120. The number of rotatable bonds is 6. The number of anilines is 1. The molecular weight excluding hydrogens is 450 g/mol. The Labute approximate surface area is 190 Å². The Kier molecular flexibility index (Phi) is 6.36. The molecule has 1 aliphatic rings. The van der Waals surface area contributed by atoms with Gasteiger partial charge in [-0.1, -0.05) is 17.4 Å². The molecular formula is C22H25N3O5S2. The predicted molar refractivity (Wildman–Crippen MR) is 125 cm³/mol. The van der Waals surface area contributed by atoms with Crippen LogP contribution in [0.2, 0.25) is 0 Å². The van der Waals surface area contributed by atoms with Crippen LogP contribution in [0, 0.1) is 5.92 Å². The van der Waals surface area contributed by atoms with Crippen molar-refractivity contribution < 1.29 is 17.9 Å². The molecule has 8 nitrogen and oxygen atoms in total. The van der Waals surface area contributed by atoms with Crippen LogP contribution in [0.25, 0.3) is 10.2 Å². The van der Waals surface area contributed by atoms with Crippen LogP contribution in [0.1, 0.15) is 19.8 Å². The molecule has 1 fully saturated rings. The Morgan fingerprint density at radius 3 is 2.62 bits per heavy atom. The van der Waals surface area contributed by atoms with Crippen LogP contribution in [0.5, 0.6) is 5.75 Å². The Morgan fingerprint density at radius 2 is 1.94 bits per heavy atom. The average molecular weight is 476 g/mol. The minimum absolute atomic E-state index is 0.0973. The Balaban J connectivity index is 1.44. The first-order valence-corrected chi connectivity index (χ1v) is 12.7. The van der Waals surface area contributed by atoms with Crippen molar-refractivity contribution >= 4 is 43.2 Å². The Hall–Kier alpha value is -2.69. The number of aryl methyl sites for hydroxylation is 1. The van der Waals surface area contributed by atoms with Crippen molar-refractivity contribution in [2.24, 2.45) is 5.92 Å². The van der Waals surface area contributed by atoms with E-state index >= 15 is 0 Å². The molecule has 4 rings (SSSR count). The number of fused-ring (bicyclic) bond motifs is 1. The summed E-state index contributed by atoms with van der Waals surface area (Å²) >= 11 is 1.05. The lowest BCUT2D eigenvalue weighted by Gasteiger charge is -2.30. The zero-order valence-electron chi connectivity index (χ0n) is 17.9. The molecule has 0 unspecified atom stereocenters. The van der Waals surface area contributed by atoms with E-state index in [2.05, 4.69) is 5.32 Å². The molecule has 0 aliphatic carbocycles. The van der Waals surface area contributed by atoms with Crippen molar-refractivity contribution in [3.8, 4) is 5.75 Å². The van der Waals surface area contributed by atoms with E-state index in [-0.39, 0.29) is 34.7 Å². The summed E-state index contributed by atoms with van der Waals surface area (Å²) in [5, 5.41) is 2.89. The van der Waals surface area contributed by atoms with Gasteiger partial charge in [-0.05, 0) is 50.1 Å². The van der Waals surface area contributed by atoms with Crippen LogP contribution in [0.3, 0.4) is 0 Å². The van der Waals surface area contributed by atoms with E-state index in [1.54, 1.807) is 54.1 Å². The van der Waals surface area contributed by atoms with Gasteiger partial charge in [-0.25, -0.2) is 8.42 Å². The summed E-state index contributed by atoms with van der Waals surface area (Å²) in [5.74, 6) is 0.265. The largest absolute Gasteiger partial charge is 0.497 e. The number of thiazole rings is 1. The van der Waals surface area contributed by atoms with E-state index < -0.39 is 10.0 Å². The molecule has 0 radical (unpaired) electrons. The van der Waals surface area contributed by atoms with Gasteiger partial charge in [0.05, 0.1) is 22.2 Å². The molecule has 1 amide bonds. The van der Waals surface area contributed by atoms with E-state index in [0.29, 0.717) is 35.5 Å². The summed E-state index contributed by atoms with van der Waals surface area (Å²) in [6.45, 7) is 2.95. The Morgan fingerprint density at radius 1 is 1.19 bits per heavy atom. The lowest BCUT2D eigenvalue weighted by atomic mass is 9.97. The van der Waals surface area contributed by atoms with Gasteiger partial charge in [-0.15, -0.1) is 0 Å². The minimum Gasteiger partial charge on any atom is -0.497 e. The number of hydrogen-bond acceptors (Lipinski definition) is 6. The van der Waals surface area contributed by atoms with Crippen molar-refractivity contribution in [3.05, 3.63) is 52.1 Å². The van der Waals surface area contributed by atoms with Gasteiger partial charge >= 0.3 is 4.87 Å². The third-order valence-electron chi connectivity index (χ3n) is 5.76. The second-order valence-corrected chi connectivity index (χ2v) is 10.6. The van der Waals surface area contributed by atoms with Gasteiger partial charge in [0, 0.05) is 37.3 Å². The number of benzene rings is 2. The molecule has 10 heteroatoms. The number of piperidine rings is 1. The zero-order valence-corrected chi connectivity index (χ0v) is 19.5. The number of amides is 1. The van der Waals surface area contributed by atoms with Crippen molar-refractivity contribution in [1.29, 1.82) is 0 Å². The monoisotopic (exact) mass is 475 g/mol. The van der Waals surface area contributed by atoms with E-state index in [4.69, 9.17) is 4.74 Å². The lowest BCUT2D eigenvalue weighted by Crippen LogP contribution is -2.41. The first kappa shape index (κ1) is 22.5. The molecule has 2 heterocycles. The zero-order chi connectivity index (χ0) is 22.9. The van der Waals surface area contributed by atoms with Crippen molar-refractivity contribution in [3.63, 3.8) is 0 Å². The van der Waals surface area contributed by atoms with Gasteiger partial charge in [0.1, 0.15) is 5.75 Å². The summed E-state index contributed by atoms with van der Waals surface area (Å²) in [4.78, 5) is 24.8. The van der Waals surface area contributed by atoms with E-state index in [1.807, 2.05) is 6.92 Å². The molecule has 1 saturated heterocycles. The molecule has 3 aromatic rings. The van der Waals surface area contributed by atoms with Crippen LogP contribution in [-0.2, 0) is 21.4 Å². The quantitative estimate of drug-likeness (QED) is 0.591.